The highest BCUT2D eigenvalue weighted by molar-refractivity contribution is 6.05. The van der Waals surface area contributed by atoms with Crippen molar-refractivity contribution in [2.24, 2.45) is 11.7 Å². The molecule has 0 fully saturated rings. The second-order valence-electron chi connectivity index (χ2n) is 9.01. The van der Waals surface area contributed by atoms with E-state index in [0.29, 0.717) is 29.2 Å². The van der Waals surface area contributed by atoms with E-state index < -0.39 is 18.0 Å². The molecular weight excluding hydrogens is 448 g/mol. The van der Waals surface area contributed by atoms with Crippen molar-refractivity contribution < 1.29 is 14.4 Å². The third-order valence-corrected chi connectivity index (χ3v) is 6.08. The van der Waals surface area contributed by atoms with Gasteiger partial charge in [-0.25, -0.2) is 4.79 Å². The molecule has 2 unspecified atom stereocenters. The predicted molar refractivity (Wildman–Crippen MR) is 130 cm³/mol. The second kappa shape index (κ2) is 9.92. The summed E-state index contributed by atoms with van der Waals surface area (Å²) in [7, 11) is 0. The number of aromatic nitrogens is 4. The number of H-pyrrole nitrogens is 1. The van der Waals surface area contributed by atoms with Crippen LogP contribution in [0.3, 0.4) is 0 Å². The molecule has 0 bridgehead atoms. The van der Waals surface area contributed by atoms with Crippen LogP contribution in [-0.4, -0.2) is 51.1 Å². The third kappa shape index (κ3) is 5.29. The van der Waals surface area contributed by atoms with Gasteiger partial charge in [-0.05, 0) is 59.7 Å². The van der Waals surface area contributed by atoms with Crippen LogP contribution >= 0.6 is 0 Å². The molecule has 2 atom stereocenters. The number of aryl methyl sites for hydroxylation is 1. The molecule has 3 aromatic rings. The number of amides is 4. The van der Waals surface area contributed by atoms with Gasteiger partial charge in [-0.15, -0.1) is 10.2 Å². The number of rotatable bonds is 6. The number of urea groups is 1. The van der Waals surface area contributed by atoms with Crippen molar-refractivity contribution in [1.29, 1.82) is 0 Å². The number of nitrogens with zero attached hydrogens (tertiary/aromatic N) is 4. The van der Waals surface area contributed by atoms with Crippen molar-refractivity contribution in [3.8, 4) is 11.4 Å². The Kier molecular flexibility index (Phi) is 6.76. The van der Waals surface area contributed by atoms with Crippen LogP contribution in [0, 0.1) is 12.8 Å². The molecule has 2 heterocycles. The molecule has 1 aromatic heterocycles. The normalized spacial score (nSPS) is 17.6. The number of hydrogen-bond acceptors (Lipinski definition) is 6. The zero-order valence-corrected chi connectivity index (χ0v) is 19.8. The smallest absolute Gasteiger partial charge is 0.319 e. The number of carbonyl (C=O) groups is 3. The summed E-state index contributed by atoms with van der Waals surface area (Å²) >= 11 is 0. The highest BCUT2D eigenvalue weighted by atomic mass is 16.2. The molecule has 11 heteroatoms. The lowest BCUT2D eigenvalue weighted by Crippen LogP contribution is -2.51. The van der Waals surface area contributed by atoms with Crippen molar-refractivity contribution in [3.63, 3.8) is 0 Å². The van der Waals surface area contributed by atoms with Crippen LogP contribution in [0.25, 0.3) is 11.4 Å². The molecule has 11 nitrogen and oxygen atoms in total. The Balaban J connectivity index is 1.59. The van der Waals surface area contributed by atoms with Crippen LogP contribution in [-0.2, 0) is 9.59 Å². The fourth-order valence-corrected chi connectivity index (χ4v) is 4.41. The van der Waals surface area contributed by atoms with E-state index in [-0.39, 0.29) is 24.3 Å². The maximum atomic E-state index is 13.6. The van der Waals surface area contributed by atoms with E-state index in [1.54, 1.807) is 24.3 Å². The summed E-state index contributed by atoms with van der Waals surface area (Å²) in [5.74, 6) is -0.441. The van der Waals surface area contributed by atoms with Gasteiger partial charge in [0.2, 0.25) is 17.6 Å². The number of tetrazole rings is 1. The van der Waals surface area contributed by atoms with Crippen LogP contribution < -0.4 is 21.3 Å². The zero-order chi connectivity index (χ0) is 25.1. The molecule has 0 saturated heterocycles. The lowest BCUT2D eigenvalue weighted by molar-refractivity contribution is -0.123. The molecule has 35 heavy (non-hydrogen) atoms. The van der Waals surface area contributed by atoms with Gasteiger partial charge in [0.25, 0.3) is 0 Å². The van der Waals surface area contributed by atoms with E-state index in [9.17, 15) is 14.4 Å². The minimum absolute atomic E-state index is 0.0145. The standard InChI is InChI=1S/C24H28N8O3/c1-13(2)18-11-19(23(34)32(12-21(25)33)20-9-14(3)7-8-17(18)20)27-24(35)26-16-6-4-5-15(10-16)22-28-30-31-29-22/h4-10,13,18-19H,11-12H2,1-3H3,(H2,25,33)(H2,26,27,35)(H,28,29,30,31). The van der Waals surface area contributed by atoms with Crippen molar-refractivity contribution in [2.45, 2.75) is 39.2 Å². The van der Waals surface area contributed by atoms with E-state index in [2.05, 4.69) is 45.1 Å². The van der Waals surface area contributed by atoms with Gasteiger partial charge in [-0.1, -0.05) is 38.1 Å². The van der Waals surface area contributed by atoms with Gasteiger partial charge in [0.15, 0.2) is 0 Å². The Bertz CT molecular complexity index is 1240. The van der Waals surface area contributed by atoms with Crippen molar-refractivity contribution >= 4 is 29.2 Å². The maximum absolute atomic E-state index is 13.6. The van der Waals surface area contributed by atoms with Gasteiger partial charge >= 0.3 is 6.03 Å². The Labute approximate surface area is 202 Å². The molecule has 4 rings (SSSR count). The van der Waals surface area contributed by atoms with Gasteiger partial charge in [0, 0.05) is 16.9 Å². The summed E-state index contributed by atoms with van der Waals surface area (Å²) in [5, 5.41) is 19.4. The molecule has 5 N–H and O–H groups in total. The predicted octanol–water partition coefficient (Wildman–Crippen LogP) is 2.33. The first-order valence-electron chi connectivity index (χ1n) is 11.3. The summed E-state index contributed by atoms with van der Waals surface area (Å²) in [4.78, 5) is 39.7. The monoisotopic (exact) mass is 476 g/mol. The van der Waals surface area contributed by atoms with Gasteiger partial charge in [0.05, 0.1) is 0 Å². The Hall–Kier alpha value is -4.28. The molecule has 0 saturated carbocycles. The number of fused-ring (bicyclic) bond motifs is 1. The third-order valence-electron chi connectivity index (χ3n) is 6.08. The van der Waals surface area contributed by atoms with Gasteiger partial charge in [-0.3, -0.25) is 9.59 Å². The minimum atomic E-state index is -0.852. The molecule has 1 aliphatic heterocycles. The van der Waals surface area contributed by atoms with E-state index in [1.807, 2.05) is 25.1 Å². The quantitative estimate of drug-likeness (QED) is 0.427. The number of primary amides is 1. The highest BCUT2D eigenvalue weighted by Gasteiger charge is 2.37. The van der Waals surface area contributed by atoms with Gasteiger partial charge in [-0.2, -0.15) is 5.21 Å². The van der Waals surface area contributed by atoms with Crippen LogP contribution in [0.15, 0.2) is 42.5 Å². The first-order chi connectivity index (χ1) is 16.7. The number of nitrogens with two attached hydrogens (primary N) is 1. The van der Waals surface area contributed by atoms with Crippen molar-refractivity contribution in [3.05, 3.63) is 53.6 Å². The fraction of sp³-hybridized carbons (Fsp3) is 0.333. The molecule has 4 amide bonds. The first kappa shape index (κ1) is 23.9. The average Bonchev–Trinajstić information content (AvgIpc) is 3.32. The SMILES string of the molecule is Cc1ccc2c(c1)N(CC(N)=O)C(=O)C(NC(=O)Nc1cccc(-c3nn[nH]n3)c1)CC2C(C)C. The topological polar surface area (TPSA) is 159 Å². The summed E-state index contributed by atoms with van der Waals surface area (Å²) in [5.41, 5.74) is 9.22. The zero-order valence-electron chi connectivity index (χ0n) is 19.8. The number of carbonyl (C=O) groups excluding carboxylic acids is 3. The molecule has 0 aliphatic carbocycles. The lowest BCUT2D eigenvalue weighted by Gasteiger charge is -2.25. The first-order valence-corrected chi connectivity index (χ1v) is 11.3. The summed E-state index contributed by atoms with van der Waals surface area (Å²) in [6, 6.07) is 11.4. The molecule has 1 aliphatic rings. The Morgan fingerprint density at radius 3 is 2.71 bits per heavy atom. The maximum Gasteiger partial charge on any atom is 0.319 e. The van der Waals surface area contributed by atoms with E-state index in [4.69, 9.17) is 5.73 Å². The molecule has 0 spiro atoms. The highest BCUT2D eigenvalue weighted by Crippen LogP contribution is 2.39. The lowest BCUT2D eigenvalue weighted by atomic mass is 9.83. The van der Waals surface area contributed by atoms with Crippen LogP contribution in [0.2, 0.25) is 0 Å². The molecule has 182 valence electrons. The van der Waals surface area contributed by atoms with Crippen LogP contribution in [0.5, 0.6) is 0 Å². The summed E-state index contributed by atoms with van der Waals surface area (Å²) < 4.78 is 0. The van der Waals surface area contributed by atoms with E-state index in [0.717, 1.165) is 11.1 Å². The largest absolute Gasteiger partial charge is 0.368 e. The number of benzene rings is 2. The average molecular weight is 477 g/mol. The Morgan fingerprint density at radius 2 is 2.03 bits per heavy atom. The van der Waals surface area contributed by atoms with Crippen LogP contribution in [0.1, 0.15) is 37.3 Å². The number of aromatic amines is 1. The fourth-order valence-electron chi connectivity index (χ4n) is 4.41. The molecule has 2 aromatic carbocycles. The van der Waals surface area contributed by atoms with Crippen LogP contribution in [0.4, 0.5) is 16.2 Å². The van der Waals surface area contributed by atoms with Crippen molar-refractivity contribution in [1.82, 2.24) is 25.9 Å². The van der Waals surface area contributed by atoms with Gasteiger partial charge in [0.1, 0.15) is 12.6 Å². The number of nitrogens with one attached hydrogen (secondary N) is 3. The number of hydrogen-bond donors (Lipinski definition) is 4. The van der Waals surface area contributed by atoms with Gasteiger partial charge < -0.3 is 21.3 Å². The second-order valence-corrected chi connectivity index (χ2v) is 9.01. The minimum Gasteiger partial charge on any atom is -0.368 e. The summed E-state index contributed by atoms with van der Waals surface area (Å²) in [6.07, 6.45) is 0.387. The molecule has 0 radical (unpaired) electrons. The summed E-state index contributed by atoms with van der Waals surface area (Å²) in [6.45, 7) is 5.80. The van der Waals surface area contributed by atoms with E-state index in [1.165, 1.54) is 4.90 Å². The van der Waals surface area contributed by atoms with Crippen molar-refractivity contribution in [2.75, 3.05) is 16.8 Å². The molecular formula is C24H28N8O3. The van der Waals surface area contributed by atoms with E-state index >= 15 is 0 Å². The number of anilines is 2. The Morgan fingerprint density at radius 1 is 1.23 bits per heavy atom.